The zero-order chi connectivity index (χ0) is 20.9. The van der Waals surface area contributed by atoms with Crippen LogP contribution in [0.5, 0.6) is 5.75 Å². The van der Waals surface area contributed by atoms with Crippen LogP contribution in [-0.4, -0.2) is 29.6 Å². The lowest BCUT2D eigenvalue weighted by Crippen LogP contribution is -2.38. The number of amides is 1. The summed E-state index contributed by atoms with van der Waals surface area (Å²) in [6.07, 6.45) is 6.47. The number of hydrogen-bond donors (Lipinski definition) is 2. The van der Waals surface area contributed by atoms with E-state index < -0.39 is 23.7 Å². The quantitative estimate of drug-likeness (QED) is 0.538. The summed E-state index contributed by atoms with van der Waals surface area (Å²) in [6.45, 7) is 9.84. The van der Waals surface area contributed by atoms with Crippen molar-refractivity contribution in [3.8, 4) is 5.75 Å². The van der Waals surface area contributed by atoms with Gasteiger partial charge < -0.3 is 15.2 Å². The monoisotopic (exact) mass is 391 g/mol. The van der Waals surface area contributed by atoms with Crippen LogP contribution in [0.2, 0.25) is 0 Å². The number of halogens is 1. The minimum absolute atomic E-state index is 0.0496. The van der Waals surface area contributed by atoms with E-state index in [-0.39, 0.29) is 16.9 Å². The van der Waals surface area contributed by atoms with Crippen molar-refractivity contribution in [2.75, 3.05) is 6.61 Å². The number of allylic oxidation sites excluding steroid dienone is 1. The second-order valence-corrected chi connectivity index (χ2v) is 7.67. The van der Waals surface area contributed by atoms with E-state index in [1.165, 1.54) is 19.1 Å². The van der Waals surface area contributed by atoms with Gasteiger partial charge in [0.1, 0.15) is 17.6 Å². The molecule has 0 aromatic heterocycles. The Balaban J connectivity index is 2.26. The summed E-state index contributed by atoms with van der Waals surface area (Å²) in [4.78, 5) is 23.3. The van der Waals surface area contributed by atoms with E-state index in [1.54, 1.807) is 0 Å². The molecule has 154 valence electrons. The summed E-state index contributed by atoms with van der Waals surface area (Å²) in [5.41, 5.74) is 0.617. The minimum Gasteiger partial charge on any atom is -0.493 e. The van der Waals surface area contributed by atoms with Crippen LogP contribution in [-0.2, 0) is 4.79 Å². The molecule has 1 atom stereocenters. The smallest absolute Gasteiger partial charge is 0.325 e. The van der Waals surface area contributed by atoms with Crippen molar-refractivity contribution in [3.63, 3.8) is 0 Å². The predicted octanol–water partition coefficient (Wildman–Crippen LogP) is 4.67. The molecule has 0 saturated heterocycles. The van der Waals surface area contributed by atoms with Crippen LogP contribution in [0.3, 0.4) is 0 Å². The van der Waals surface area contributed by atoms with E-state index in [0.29, 0.717) is 12.4 Å². The molecule has 28 heavy (non-hydrogen) atoms. The third kappa shape index (κ3) is 5.12. The molecule has 0 bridgehead atoms. The number of aliphatic carboxylic acids is 1. The average Bonchev–Trinajstić information content (AvgIpc) is 3.50. The maximum absolute atomic E-state index is 14.6. The third-order valence-electron chi connectivity index (χ3n) is 5.69. The molecule has 0 radical (unpaired) electrons. The first-order valence-electron chi connectivity index (χ1n) is 9.87. The number of benzene rings is 1. The van der Waals surface area contributed by atoms with E-state index in [4.69, 9.17) is 9.84 Å². The van der Waals surface area contributed by atoms with Crippen molar-refractivity contribution in [3.05, 3.63) is 41.7 Å². The number of nitrogens with one attached hydrogen (secondary N) is 1. The van der Waals surface area contributed by atoms with Gasteiger partial charge in [0.05, 0.1) is 12.2 Å². The molecular formula is C22H30FNO4. The molecule has 5 nitrogen and oxygen atoms in total. The van der Waals surface area contributed by atoms with Crippen molar-refractivity contribution in [2.45, 2.75) is 64.8 Å². The first-order chi connectivity index (χ1) is 13.3. The molecule has 6 heteroatoms. The first kappa shape index (κ1) is 21.9. The van der Waals surface area contributed by atoms with Gasteiger partial charge in [0.25, 0.3) is 5.91 Å². The number of carbonyl (C=O) groups is 2. The molecule has 2 N–H and O–H groups in total. The van der Waals surface area contributed by atoms with Crippen LogP contribution in [0.1, 0.15) is 74.7 Å². The topological polar surface area (TPSA) is 75.6 Å². The van der Waals surface area contributed by atoms with E-state index in [9.17, 15) is 14.0 Å². The number of rotatable bonds is 11. The van der Waals surface area contributed by atoms with Gasteiger partial charge in [0.2, 0.25) is 0 Å². The normalized spacial score (nSPS) is 15.0. The summed E-state index contributed by atoms with van der Waals surface area (Å²) in [5.74, 6) is -1.90. The SMILES string of the molecule is C=CCC(CC)(CC)COc1cc(F)c(C(=O)N[C@@H](C)C(=O)O)cc1C1CC1. The van der Waals surface area contributed by atoms with E-state index >= 15 is 0 Å². The zero-order valence-corrected chi connectivity index (χ0v) is 16.9. The Hall–Kier alpha value is -2.37. The third-order valence-corrected chi connectivity index (χ3v) is 5.69. The first-order valence-corrected chi connectivity index (χ1v) is 9.87. The maximum Gasteiger partial charge on any atom is 0.325 e. The van der Waals surface area contributed by atoms with E-state index in [0.717, 1.165) is 37.7 Å². The Morgan fingerprint density at radius 3 is 2.54 bits per heavy atom. The zero-order valence-electron chi connectivity index (χ0n) is 16.9. The highest BCUT2D eigenvalue weighted by molar-refractivity contribution is 5.97. The van der Waals surface area contributed by atoms with Crippen LogP contribution < -0.4 is 10.1 Å². The van der Waals surface area contributed by atoms with Crippen LogP contribution in [0, 0.1) is 11.2 Å². The van der Waals surface area contributed by atoms with Gasteiger partial charge in [-0.1, -0.05) is 19.9 Å². The fourth-order valence-electron chi connectivity index (χ4n) is 3.26. The average molecular weight is 391 g/mol. The molecule has 1 aromatic rings. The molecule has 1 aromatic carbocycles. The fraction of sp³-hybridized carbons (Fsp3) is 0.545. The van der Waals surface area contributed by atoms with Gasteiger partial charge in [0, 0.05) is 11.5 Å². The largest absolute Gasteiger partial charge is 0.493 e. The van der Waals surface area contributed by atoms with Gasteiger partial charge in [-0.3, -0.25) is 9.59 Å². The van der Waals surface area contributed by atoms with Crippen molar-refractivity contribution < 1.29 is 23.8 Å². The Bertz CT molecular complexity index is 738. The molecule has 0 spiro atoms. The molecule has 1 aliphatic carbocycles. The minimum atomic E-state index is -1.17. The summed E-state index contributed by atoms with van der Waals surface area (Å²) < 4.78 is 20.7. The van der Waals surface area contributed by atoms with Gasteiger partial charge >= 0.3 is 5.97 Å². The second-order valence-electron chi connectivity index (χ2n) is 7.67. The molecule has 1 saturated carbocycles. The van der Waals surface area contributed by atoms with Gasteiger partial charge in [-0.15, -0.1) is 6.58 Å². The molecular weight excluding hydrogens is 361 g/mol. The van der Waals surface area contributed by atoms with Gasteiger partial charge in [-0.25, -0.2) is 4.39 Å². The molecule has 0 unspecified atom stereocenters. The Morgan fingerprint density at radius 1 is 1.39 bits per heavy atom. The number of carboxylic acid groups (broad SMARTS) is 1. The molecule has 2 rings (SSSR count). The second kappa shape index (κ2) is 9.22. The van der Waals surface area contributed by atoms with Crippen LogP contribution in [0.4, 0.5) is 4.39 Å². The number of carbonyl (C=O) groups excluding carboxylic acids is 1. The highest BCUT2D eigenvalue weighted by Crippen LogP contribution is 2.45. The fourth-order valence-corrected chi connectivity index (χ4v) is 3.26. The summed E-state index contributed by atoms with van der Waals surface area (Å²) in [6, 6.07) is 1.68. The van der Waals surface area contributed by atoms with Crippen LogP contribution >= 0.6 is 0 Å². The van der Waals surface area contributed by atoms with E-state index in [1.807, 2.05) is 6.08 Å². The molecule has 1 fully saturated rings. The highest BCUT2D eigenvalue weighted by atomic mass is 19.1. The Kier molecular flexibility index (Phi) is 7.22. The highest BCUT2D eigenvalue weighted by Gasteiger charge is 2.32. The van der Waals surface area contributed by atoms with Gasteiger partial charge in [-0.2, -0.15) is 0 Å². The lowest BCUT2D eigenvalue weighted by molar-refractivity contribution is -0.138. The summed E-state index contributed by atoms with van der Waals surface area (Å²) in [5, 5.41) is 11.2. The van der Waals surface area contributed by atoms with Crippen molar-refractivity contribution in [2.24, 2.45) is 5.41 Å². The number of hydrogen-bond acceptors (Lipinski definition) is 3. The molecule has 0 aliphatic heterocycles. The van der Waals surface area contributed by atoms with Gasteiger partial charge in [-0.05, 0) is 56.6 Å². The Morgan fingerprint density at radius 2 is 2.04 bits per heavy atom. The van der Waals surface area contributed by atoms with E-state index in [2.05, 4.69) is 25.7 Å². The number of carboxylic acids is 1. The maximum atomic E-state index is 14.6. The standard InChI is InChI=1S/C22H30FNO4/c1-5-10-22(6-2,7-3)13-28-19-12-18(23)17(11-16(19)15-8-9-15)20(25)24-14(4)21(26)27/h5,11-12,14-15H,1,6-10,13H2,2-4H3,(H,24,25)(H,26,27)/t14-/m0/s1. The number of ether oxygens (including phenoxy) is 1. The van der Waals surface area contributed by atoms with Crippen molar-refractivity contribution >= 4 is 11.9 Å². The predicted molar refractivity (Wildman–Crippen MR) is 106 cm³/mol. The van der Waals surface area contributed by atoms with Crippen molar-refractivity contribution in [1.29, 1.82) is 0 Å². The van der Waals surface area contributed by atoms with Crippen LogP contribution in [0.25, 0.3) is 0 Å². The molecule has 1 amide bonds. The van der Waals surface area contributed by atoms with Gasteiger partial charge in [0.15, 0.2) is 0 Å². The molecule has 0 heterocycles. The molecule has 1 aliphatic rings. The summed E-state index contributed by atoms with van der Waals surface area (Å²) in [7, 11) is 0. The summed E-state index contributed by atoms with van der Waals surface area (Å²) >= 11 is 0. The van der Waals surface area contributed by atoms with Crippen LogP contribution in [0.15, 0.2) is 24.8 Å². The lowest BCUT2D eigenvalue weighted by Gasteiger charge is -2.31. The van der Waals surface area contributed by atoms with Crippen molar-refractivity contribution in [1.82, 2.24) is 5.32 Å². The Labute approximate surface area is 166 Å². The lowest BCUT2D eigenvalue weighted by atomic mass is 9.80.